The lowest BCUT2D eigenvalue weighted by atomic mass is 10.2. The molecule has 12 heavy (non-hydrogen) atoms. The van der Waals surface area contributed by atoms with Crippen molar-refractivity contribution in [1.29, 1.82) is 0 Å². The van der Waals surface area contributed by atoms with E-state index in [0.717, 1.165) is 19.4 Å². The average molecular weight is 189 g/mol. The van der Waals surface area contributed by atoms with Gasteiger partial charge < -0.3 is 9.26 Å². The third-order valence-corrected chi connectivity index (χ3v) is 2.05. The lowest BCUT2D eigenvalue weighted by Gasteiger charge is -2.00. The molecule has 4 nitrogen and oxygen atoms in total. The molecule has 0 radical (unpaired) electrons. The molecular formula is C7H9ClN2O2. The van der Waals surface area contributed by atoms with Gasteiger partial charge in [0.15, 0.2) is 5.82 Å². The molecule has 1 aliphatic rings. The first kappa shape index (κ1) is 8.01. The number of halogens is 1. The van der Waals surface area contributed by atoms with Gasteiger partial charge >= 0.3 is 0 Å². The number of rotatable bonds is 2. The van der Waals surface area contributed by atoms with E-state index in [0.29, 0.717) is 11.7 Å². The van der Waals surface area contributed by atoms with E-state index in [1.807, 2.05) is 0 Å². The van der Waals surface area contributed by atoms with Crippen LogP contribution in [0.2, 0.25) is 0 Å². The third-order valence-electron chi connectivity index (χ3n) is 1.81. The molecule has 0 unspecified atom stereocenters. The van der Waals surface area contributed by atoms with Crippen molar-refractivity contribution in [3.05, 3.63) is 11.7 Å². The van der Waals surface area contributed by atoms with E-state index in [1.165, 1.54) is 0 Å². The maximum atomic E-state index is 5.52. The summed E-state index contributed by atoms with van der Waals surface area (Å²) >= 11 is 5.52. The minimum Gasteiger partial charge on any atom is -0.368 e. The van der Waals surface area contributed by atoms with Crippen LogP contribution in [0.3, 0.4) is 0 Å². The zero-order valence-corrected chi connectivity index (χ0v) is 7.25. The molecule has 2 heterocycles. The van der Waals surface area contributed by atoms with Gasteiger partial charge in [-0.15, -0.1) is 11.6 Å². The summed E-state index contributed by atoms with van der Waals surface area (Å²) in [7, 11) is 0. The summed E-state index contributed by atoms with van der Waals surface area (Å²) in [5.41, 5.74) is 0. The standard InChI is InChI=1S/C7H9ClN2O2/c8-4-6-9-7(12-10-6)5-2-1-3-11-5/h5H,1-4H2/t5-/m0/s1. The molecular weight excluding hydrogens is 180 g/mol. The zero-order chi connectivity index (χ0) is 8.39. The van der Waals surface area contributed by atoms with Crippen molar-refractivity contribution < 1.29 is 9.26 Å². The predicted molar refractivity (Wildman–Crippen MR) is 41.8 cm³/mol. The van der Waals surface area contributed by atoms with Gasteiger partial charge in [-0.05, 0) is 12.8 Å². The van der Waals surface area contributed by atoms with Crippen molar-refractivity contribution in [3.63, 3.8) is 0 Å². The molecule has 66 valence electrons. The van der Waals surface area contributed by atoms with Crippen LogP contribution in [0.15, 0.2) is 4.52 Å². The van der Waals surface area contributed by atoms with Crippen LogP contribution in [-0.2, 0) is 10.6 Å². The van der Waals surface area contributed by atoms with Crippen LogP contribution >= 0.6 is 11.6 Å². The molecule has 1 aromatic rings. The monoisotopic (exact) mass is 188 g/mol. The first-order chi connectivity index (χ1) is 5.90. The highest BCUT2D eigenvalue weighted by Crippen LogP contribution is 2.26. The van der Waals surface area contributed by atoms with Gasteiger partial charge in [-0.25, -0.2) is 0 Å². The Kier molecular flexibility index (Phi) is 2.28. The molecule has 1 fully saturated rings. The van der Waals surface area contributed by atoms with Gasteiger partial charge in [-0.2, -0.15) is 4.98 Å². The predicted octanol–water partition coefficient (Wildman–Crippen LogP) is 1.66. The number of hydrogen-bond donors (Lipinski definition) is 0. The number of hydrogen-bond acceptors (Lipinski definition) is 4. The smallest absolute Gasteiger partial charge is 0.255 e. The third kappa shape index (κ3) is 1.44. The molecule has 0 saturated carbocycles. The average Bonchev–Trinajstić information content (AvgIpc) is 2.75. The van der Waals surface area contributed by atoms with Crippen LogP contribution in [0.1, 0.15) is 30.7 Å². The van der Waals surface area contributed by atoms with E-state index >= 15 is 0 Å². The first-order valence-corrected chi connectivity index (χ1v) is 4.43. The van der Waals surface area contributed by atoms with E-state index < -0.39 is 0 Å². The van der Waals surface area contributed by atoms with Crippen LogP contribution < -0.4 is 0 Å². The normalized spacial score (nSPS) is 23.2. The topological polar surface area (TPSA) is 48.2 Å². The fraction of sp³-hybridized carbons (Fsp3) is 0.714. The maximum absolute atomic E-state index is 5.52. The molecule has 1 atom stereocenters. The van der Waals surface area contributed by atoms with Gasteiger partial charge in [-0.3, -0.25) is 0 Å². The summed E-state index contributed by atoms with van der Waals surface area (Å²) in [6.45, 7) is 0.781. The molecule has 1 aromatic heterocycles. The molecule has 1 saturated heterocycles. The summed E-state index contributed by atoms with van der Waals surface area (Å²) in [4.78, 5) is 4.08. The Labute approximate surface area is 74.9 Å². The summed E-state index contributed by atoms with van der Waals surface area (Å²) in [5.74, 6) is 1.38. The van der Waals surface area contributed by atoms with Crippen LogP contribution in [-0.4, -0.2) is 16.7 Å². The molecule has 5 heteroatoms. The van der Waals surface area contributed by atoms with Crippen molar-refractivity contribution >= 4 is 11.6 Å². The molecule has 0 N–H and O–H groups in total. The Bertz CT molecular complexity index is 258. The molecule has 0 spiro atoms. The Balaban J connectivity index is 2.11. The Hall–Kier alpha value is -0.610. The Morgan fingerprint density at radius 1 is 1.58 bits per heavy atom. The van der Waals surface area contributed by atoms with Crippen LogP contribution in [0.25, 0.3) is 0 Å². The largest absolute Gasteiger partial charge is 0.368 e. The molecule has 0 bridgehead atoms. The van der Waals surface area contributed by atoms with Crippen LogP contribution in [0.5, 0.6) is 0 Å². The van der Waals surface area contributed by atoms with Crippen LogP contribution in [0, 0.1) is 0 Å². The fourth-order valence-corrected chi connectivity index (χ4v) is 1.33. The summed E-state index contributed by atoms with van der Waals surface area (Å²) in [6.07, 6.45) is 2.02. The lowest BCUT2D eigenvalue weighted by Crippen LogP contribution is -1.95. The summed E-state index contributed by atoms with van der Waals surface area (Å²) < 4.78 is 10.3. The number of aromatic nitrogens is 2. The number of nitrogens with zero attached hydrogens (tertiary/aromatic N) is 2. The zero-order valence-electron chi connectivity index (χ0n) is 6.49. The van der Waals surface area contributed by atoms with Crippen molar-refractivity contribution in [2.45, 2.75) is 24.8 Å². The molecule has 0 aliphatic carbocycles. The Morgan fingerprint density at radius 2 is 2.50 bits per heavy atom. The second-order valence-electron chi connectivity index (χ2n) is 2.68. The van der Waals surface area contributed by atoms with Gasteiger partial charge in [0, 0.05) is 6.61 Å². The van der Waals surface area contributed by atoms with Crippen LogP contribution in [0.4, 0.5) is 0 Å². The van der Waals surface area contributed by atoms with E-state index in [9.17, 15) is 0 Å². The van der Waals surface area contributed by atoms with E-state index in [4.69, 9.17) is 20.9 Å². The van der Waals surface area contributed by atoms with Crippen molar-refractivity contribution in [2.75, 3.05) is 6.61 Å². The van der Waals surface area contributed by atoms with Gasteiger partial charge in [0.2, 0.25) is 0 Å². The highest BCUT2D eigenvalue weighted by atomic mass is 35.5. The van der Waals surface area contributed by atoms with Crippen molar-refractivity contribution in [2.24, 2.45) is 0 Å². The summed E-state index contributed by atoms with van der Waals surface area (Å²) in [6, 6.07) is 0. The Morgan fingerprint density at radius 3 is 3.08 bits per heavy atom. The fourth-order valence-electron chi connectivity index (χ4n) is 1.22. The first-order valence-electron chi connectivity index (χ1n) is 3.90. The minimum atomic E-state index is -0.00512. The maximum Gasteiger partial charge on any atom is 0.255 e. The molecule has 2 rings (SSSR count). The van der Waals surface area contributed by atoms with Crippen molar-refractivity contribution in [3.8, 4) is 0 Å². The molecule has 0 amide bonds. The molecule has 0 aromatic carbocycles. The van der Waals surface area contributed by atoms with Crippen molar-refractivity contribution in [1.82, 2.24) is 10.1 Å². The van der Waals surface area contributed by atoms with Gasteiger partial charge in [-0.1, -0.05) is 5.16 Å². The van der Waals surface area contributed by atoms with Gasteiger partial charge in [0.25, 0.3) is 5.89 Å². The second kappa shape index (κ2) is 3.41. The molecule has 1 aliphatic heterocycles. The van der Waals surface area contributed by atoms with Gasteiger partial charge in [0.1, 0.15) is 6.10 Å². The van der Waals surface area contributed by atoms with Gasteiger partial charge in [0.05, 0.1) is 5.88 Å². The lowest BCUT2D eigenvalue weighted by molar-refractivity contribution is 0.0835. The minimum absolute atomic E-state index is 0.00512. The summed E-state index contributed by atoms with van der Waals surface area (Å²) in [5, 5.41) is 3.68. The number of ether oxygens (including phenoxy) is 1. The highest BCUT2D eigenvalue weighted by Gasteiger charge is 2.23. The SMILES string of the molecule is ClCc1noc([C@@H]2CCCO2)n1. The quantitative estimate of drug-likeness (QED) is 0.663. The van der Waals surface area contributed by atoms with E-state index in [-0.39, 0.29) is 12.0 Å². The van der Waals surface area contributed by atoms with E-state index in [1.54, 1.807) is 0 Å². The second-order valence-corrected chi connectivity index (χ2v) is 2.95. The highest BCUT2D eigenvalue weighted by molar-refractivity contribution is 6.16. The van der Waals surface area contributed by atoms with E-state index in [2.05, 4.69) is 10.1 Å². The number of alkyl halides is 1.